The van der Waals surface area contributed by atoms with Crippen LogP contribution in [0.5, 0.6) is 0 Å². The summed E-state index contributed by atoms with van der Waals surface area (Å²) in [6, 6.07) is 7.57. The Bertz CT molecular complexity index is 274. The molecule has 0 bridgehead atoms. The number of aliphatic hydroxyl groups is 2. The van der Waals surface area contributed by atoms with Gasteiger partial charge in [-0.1, -0.05) is 12.1 Å². The fraction of sp³-hybridized carbons (Fsp3) is 0.400. The first-order chi connectivity index (χ1) is 6.63. The maximum Gasteiger partial charge on any atom is 0.105 e. The van der Waals surface area contributed by atoms with Gasteiger partial charge in [-0.15, -0.1) is 11.8 Å². The lowest BCUT2D eigenvalue weighted by molar-refractivity contribution is 0.0843. The lowest BCUT2D eigenvalue weighted by Crippen LogP contribution is -2.21. The van der Waals surface area contributed by atoms with Gasteiger partial charge in [0.15, 0.2) is 0 Å². The summed E-state index contributed by atoms with van der Waals surface area (Å²) in [5, 5.41) is 18.5. The molecule has 0 saturated heterocycles. The summed E-state index contributed by atoms with van der Waals surface area (Å²) in [4.78, 5) is 1.15. The Morgan fingerprint density at radius 3 is 2.29 bits per heavy atom. The van der Waals surface area contributed by atoms with Gasteiger partial charge in [0.25, 0.3) is 0 Å². The lowest BCUT2D eigenvalue weighted by atomic mass is 10.1. The van der Waals surface area contributed by atoms with E-state index in [2.05, 4.69) is 0 Å². The Morgan fingerprint density at radius 2 is 1.86 bits per heavy atom. The van der Waals surface area contributed by atoms with Crippen LogP contribution in [0.3, 0.4) is 0 Å². The minimum atomic E-state index is -0.967. The number of hydrogen-bond acceptors (Lipinski definition) is 4. The molecule has 14 heavy (non-hydrogen) atoms. The van der Waals surface area contributed by atoms with Crippen molar-refractivity contribution in [1.82, 2.24) is 0 Å². The zero-order chi connectivity index (χ0) is 10.6. The van der Waals surface area contributed by atoms with E-state index in [-0.39, 0.29) is 6.42 Å². The maximum absolute atomic E-state index is 9.61. The predicted octanol–water partition coefficient (Wildman–Crippen LogP) is 1.11. The van der Waals surface area contributed by atoms with Crippen molar-refractivity contribution >= 4 is 11.8 Å². The van der Waals surface area contributed by atoms with Crippen LogP contribution >= 0.6 is 11.8 Å². The Hall–Kier alpha value is -0.550. The van der Waals surface area contributed by atoms with E-state index in [9.17, 15) is 5.11 Å². The van der Waals surface area contributed by atoms with E-state index >= 15 is 0 Å². The molecule has 0 aliphatic carbocycles. The predicted molar refractivity (Wildman–Crippen MR) is 58.0 cm³/mol. The van der Waals surface area contributed by atoms with Crippen molar-refractivity contribution in [3.05, 3.63) is 29.8 Å². The molecule has 2 unspecified atom stereocenters. The quantitative estimate of drug-likeness (QED) is 0.518. The van der Waals surface area contributed by atoms with Crippen LogP contribution in [-0.2, 0) is 0 Å². The van der Waals surface area contributed by atoms with Crippen molar-refractivity contribution in [3.63, 3.8) is 0 Å². The van der Waals surface area contributed by atoms with Gasteiger partial charge in [-0.25, -0.2) is 0 Å². The van der Waals surface area contributed by atoms with Gasteiger partial charge < -0.3 is 15.9 Å². The van der Waals surface area contributed by atoms with Gasteiger partial charge in [-0.3, -0.25) is 0 Å². The highest BCUT2D eigenvalue weighted by Gasteiger charge is 2.10. The molecule has 0 aliphatic rings. The number of nitrogens with two attached hydrogens (primary N) is 1. The van der Waals surface area contributed by atoms with Crippen molar-refractivity contribution < 1.29 is 10.2 Å². The molecule has 0 aliphatic heterocycles. The molecular formula is C10H15NO2S. The number of hydrogen-bond donors (Lipinski definition) is 3. The van der Waals surface area contributed by atoms with Crippen LogP contribution in [0.25, 0.3) is 0 Å². The average molecular weight is 213 g/mol. The van der Waals surface area contributed by atoms with E-state index in [0.29, 0.717) is 0 Å². The van der Waals surface area contributed by atoms with Crippen LogP contribution in [-0.4, -0.2) is 22.7 Å². The highest BCUT2D eigenvalue weighted by atomic mass is 32.2. The molecule has 0 amide bonds. The number of rotatable bonds is 4. The van der Waals surface area contributed by atoms with Gasteiger partial charge in [0.05, 0.1) is 6.10 Å². The molecule has 0 fully saturated rings. The number of aliphatic hydroxyl groups excluding tert-OH is 2. The van der Waals surface area contributed by atoms with E-state index in [0.717, 1.165) is 10.5 Å². The average Bonchev–Trinajstić information content (AvgIpc) is 2.17. The van der Waals surface area contributed by atoms with Gasteiger partial charge in [-0.05, 0) is 24.0 Å². The fourth-order valence-electron chi connectivity index (χ4n) is 1.19. The standard InChI is InChI=1S/C10H15NO2S/c1-14-8-4-2-7(3-5-8)9(12)6-10(11)13/h2-5,9-10,12-13H,6,11H2,1H3. The third kappa shape index (κ3) is 3.31. The SMILES string of the molecule is CSc1ccc(C(O)CC(N)O)cc1. The summed E-state index contributed by atoms with van der Waals surface area (Å²) >= 11 is 1.65. The summed E-state index contributed by atoms with van der Waals surface area (Å²) in [6.45, 7) is 0. The summed E-state index contributed by atoms with van der Waals surface area (Å²) in [5.74, 6) is 0. The normalized spacial score (nSPS) is 15.1. The Morgan fingerprint density at radius 1 is 1.29 bits per heavy atom. The zero-order valence-electron chi connectivity index (χ0n) is 8.05. The summed E-state index contributed by atoms with van der Waals surface area (Å²) in [5.41, 5.74) is 5.96. The Labute approximate surface area is 87.9 Å². The fourth-order valence-corrected chi connectivity index (χ4v) is 1.60. The van der Waals surface area contributed by atoms with E-state index in [1.165, 1.54) is 0 Å². The second kappa shape index (κ2) is 5.36. The molecule has 2 atom stereocenters. The summed E-state index contributed by atoms with van der Waals surface area (Å²) in [7, 11) is 0. The number of thioether (sulfide) groups is 1. The molecule has 1 aromatic carbocycles. The molecule has 3 nitrogen and oxygen atoms in total. The first-order valence-electron chi connectivity index (χ1n) is 4.39. The lowest BCUT2D eigenvalue weighted by Gasteiger charge is -2.12. The van der Waals surface area contributed by atoms with E-state index in [1.54, 1.807) is 11.8 Å². The van der Waals surface area contributed by atoms with E-state index < -0.39 is 12.3 Å². The van der Waals surface area contributed by atoms with Gasteiger partial charge in [-0.2, -0.15) is 0 Å². The van der Waals surface area contributed by atoms with Gasteiger partial charge in [0, 0.05) is 11.3 Å². The smallest absolute Gasteiger partial charge is 0.105 e. The topological polar surface area (TPSA) is 66.5 Å². The minimum Gasteiger partial charge on any atom is -0.388 e. The van der Waals surface area contributed by atoms with E-state index in [4.69, 9.17) is 10.8 Å². The highest BCUT2D eigenvalue weighted by Crippen LogP contribution is 2.21. The second-order valence-electron chi connectivity index (χ2n) is 3.09. The van der Waals surface area contributed by atoms with Crippen molar-refractivity contribution in [2.45, 2.75) is 23.6 Å². The first-order valence-corrected chi connectivity index (χ1v) is 5.61. The Kier molecular flexibility index (Phi) is 4.41. The molecule has 1 rings (SSSR count). The van der Waals surface area contributed by atoms with Crippen LogP contribution in [0.2, 0.25) is 0 Å². The summed E-state index contributed by atoms with van der Waals surface area (Å²) < 4.78 is 0. The molecule has 0 aromatic heterocycles. The molecule has 78 valence electrons. The van der Waals surface area contributed by atoms with E-state index in [1.807, 2.05) is 30.5 Å². The van der Waals surface area contributed by atoms with Crippen molar-refractivity contribution in [3.8, 4) is 0 Å². The molecule has 1 aromatic rings. The van der Waals surface area contributed by atoms with Gasteiger partial charge in [0.2, 0.25) is 0 Å². The first kappa shape index (κ1) is 11.5. The van der Waals surface area contributed by atoms with Gasteiger partial charge >= 0.3 is 0 Å². The third-order valence-corrected chi connectivity index (χ3v) is 2.71. The van der Waals surface area contributed by atoms with Crippen LogP contribution < -0.4 is 5.73 Å². The molecule has 0 spiro atoms. The van der Waals surface area contributed by atoms with Gasteiger partial charge in [0.1, 0.15) is 6.23 Å². The Balaban J connectivity index is 2.66. The third-order valence-electron chi connectivity index (χ3n) is 1.97. The van der Waals surface area contributed by atoms with Crippen LogP contribution in [0.15, 0.2) is 29.2 Å². The maximum atomic E-state index is 9.61. The second-order valence-corrected chi connectivity index (χ2v) is 3.97. The monoisotopic (exact) mass is 213 g/mol. The van der Waals surface area contributed by atoms with Crippen LogP contribution in [0.1, 0.15) is 18.1 Å². The van der Waals surface area contributed by atoms with Crippen LogP contribution in [0.4, 0.5) is 0 Å². The largest absolute Gasteiger partial charge is 0.388 e. The number of benzene rings is 1. The molecule has 4 heteroatoms. The molecule has 0 heterocycles. The van der Waals surface area contributed by atoms with Crippen LogP contribution in [0, 0.1) is 0 Å². The molecule has 0 saturated carbocycles. The zero-order valence-corrected chi connectivity index (χ0v) is 8.87. The van der Waals surface area contributed by atoms with Crippen molar-refractivity contribution in [2.75, 3.05) is 6.26 Å². The molecular weight excluding hydrogens is 198 g/mol. The minimum absolute atomic E-state index is 0.165. The highest BCUT2D eigenvalue weighted by molar-refractivity contribution is 7.98. The molecule has 0 radical (unpaired) electrons. The van der Waals surface area contributed by atoms with Crippen molar-refractivity contribution in [1.29, 1.82) is 0 Å². The van der Waals surface area contributed by atoms with Crippen molar-refractivity contribution in [2.24, 2.45) is 5.73 Å². The molecule has 4 N–H and O–H groups in total. The summed E-state index contributed by atoms with van der Waals surface area (Å²) in [6.07, 6.45) is 0.504.